The minimum absolute atomic E-state index is 0.0880. The SMILES string of the molecule is CC(C)[C@H]1CCN(C(=O)[C@@H](NC(=O)N[C@H](C(=O)OCC2CC2)C(C)(C)C)C(C)(C)C)[C@@H]1C(=O)NC(CCC(F)(F)F)C(=O)C(N)=O. The van der Waals surface area contributed by atoms with Crippen LogP contribution in [-0.2, 0) is 28.7 Å². The highest BCUT2D eigenvalue weighted by atomic mass is 19.4. The van der Waals surface area contributed by atoms with Crippen LogP contribution in [0.3, 0.4) is 0 Å². The number of nitrogens with two attached hydrogens (primary N) is 1. The van der Waals surface area contributed by atoms with Gasteiger partial charge in [-0.3, -0.25) is 19.2 Å². The Morgan fingerprint density at radius 3 is 1.87 bits per heavy atom. The Morgan fingerprint density at radius 2 is 1.41 bits per heavy atom. The summed E-state index contributed by atoms with van der Waals surface area (Å²) in [5.74, 6) is -5.32. The maximum atomic E-state index is 14.1. The van der Waals surface area contributed by atoms with E-state index in [0.717, 1.165) is 12.8 Å². The van der Waals surface area contributed by atoms with Gasteiger partial charge in [0.05, 0.1) is 12.6 Å². The fourth-order valence-electron chi connectivity index (χ4n) is 5.42. The summed E-state index contributed by atoms with van der Waals surface area (Å²) in [5, 5.41) is 7.55. The molecule has 2 rings (SSSR count). The number of likely N-dealkylation sites (tertiary alicyclic amines) is 1. The first kappa shape index (κ1) is 38.8. The number of hydrogen-bond acceptors (Lipinski definition) is 7. The molecule has 1 saturated heterocycles. The maximum absolute atomic E-state index is 14.1. The second-order valence-corrected chi connectivity index (χ2v) is 14.9. The summed E-state index contributed by atoms with van der Waals surface area (Å²) in [6.45, 7) is 14.3. The monoisotopic (exact) mass is 661 g/mol. The average molecular weight is 662 g/mol. The summed E-state index contributed by atoms with van der Waals surface area (Å²) in [6, 6.07) is -6.10. The van der Waals surface area contributed by atoms with Crippen LogP contribution in [0, 0.1) is 28.6 Å². The quantitative estimate of drug-likeness (QED) is 0.173. The van der Waals surface area contributed by atoms with E-state index >= 15 is 0 Å². The summed E-state index contributed by atoms with van der Waals surface area (Å²) in [6.07, 6.45) is -4.72. The normalized spacial score (nSPS) is 20.8. The van der Waals surface area contributed by atoms with Gasteiger partial charge in [0.2, 0.25) is 17.6 Å². The van der Waals surface area contributed by atoms with E-state index in [9.17, 15) is 41.9 Å². The molecule has 46 heavy (non-hydrogen) atoms. The molecule has 0 aromatic carbocycles. The molecule has 0 radical (unpaired) electrons. The van der Waals surface area contributed by atoms with Gasteiger partial charge < -0.3 is 31.3 Å². The first-order chi connectivity index (χ1) is 20.9. The zero-order valence-corrected chi connectivity index (χ0v) is 28.0. The van der Waals surface area contributed by atoms with Gasteiger partial charge in [-0.05, 0) is 54.3 Å². The van der Waals surface area contributed by atoms with Crippen molar-refractivity contribution in [2.45, 2.75) is 118 Å². The third kappa shape index (κ3) is 11.1. The van der Waals surface area contributed by atoms with Gasteiger partial charge in [0.15, 0.2) is 0 Å². The zero-order valence-electron chi connectivity index (χ0n) is 28.0. The molecular formula is C31H50F3N5O7. The lowest BCUT2D eigenvalue weighted by Crippen LogP contribution is -2.62. The van der Waals surface area contributed by atoms with Gasteiger partial charge in [0, 0.05) is 13.0 Å². The van der Waals surface area contributed by atoms with Crippen LogP contribution in [0.5, 0.6) is 0 Å². The number of amides is 5. The Balaban J connectivity index is 2.32. The van der Waals surface area contributed by atoms with Crippen molar-refractivity contribution in [3.05, 3.63) is 0 Å². The molecule has 1 unspecified atom stereocenters. The smallest absolute Gasteiger partial charge is 0.389 e. The van der Waals surface area contributed by atoms with Crippen molar-refractivity contribution < 1.29 is 46.7 Å². The summed E-state index contributed by atoms with van der Waals surface area (Å²) < 4.78 is 44.3. The molecule has 1 aliphatic heterocycles. The highest BCUT2D eigenvalue weighted by Gasteiger charge is 2.48. The number of hydrogen-bond donors (Lipinski definition) is 4. The van der Waals surface area contributed by atoms with Crippen LogP contribution in [0.15, 0.2) is 0 Å². The van der Waals surface area contributed by atoms with Crippen LogP contribution in [0.2, 0.25) is 0 Å². The Kier molecular flexibility index (Phi) is 12.7. The molecule has 1 saturated carbocycles. The van der Waals surface area contributed by atoms with Gasteiger partial charge in [0.1, 0.15) is 18.1 Å². The van der Waals surface area contributed by atoms with E-state index in [1.165, 1.54) is 4.90 Å². The van der Waals surface area contributed by atoms with E-state index in [1.807, 2.05) is 13.8 Å². The lowest BCUT2D eigenvalue weighted by molar-refractivity contribution is -0.149. The molecule has 12 nitrogen and oxygen atoms in total. The molecule has 1 aliphatic carbocycles. The van der Waals surface area contributed by atoms with Crippen molar-refractivity contribution in [2.75, 3.05) is 13.2 Å². The maximum Gasteiger partial charge on any atom is 0.389 e. The van der Waals surface area contributed by atoms with Gasteiger partial charge in [-0.1, -0.05) is 55.4 Å². The second kappa shape index (κ2) is 15.0. The molecule has 5 amide bonds. The molecule has 2 aliphatic rings. The fraction of sp³-hybridized carbons (Fsp3) is 0.806. The number of ketones is 1. The number of nitrogens with one attached hydrogen (secondary N) is 3. The summed E-state index contributed by atoms with van der Waals surface area (Å²) in [5.41, 5.74) is 3.42. The highest BCUT2D eigenvalue weighted by molar-refractivity contribution is 6.37. The first-order valence-electron chi connectivity index (χ1n) is 15.7. The number of nitrogens with zero attached hydrogens (tertiary/aromatic N) is 1. The number of halogens is 3. The molecule has 262 valence electrons. The predicted molar refractivity (Wildman–Crippen MR) is 162 cm³/mol. The minimum Gasteiger partial charge on any atom is -0.464 e. The number of carbonyl (C=O) groups excluding carboxylic acids is 6. The van der Waals surface area contributed by atoms with Crippen LogP contribution in [0.1, 0.15) is 87.5 Å². The summed E-state index contributed by atoms with van der Waals surface area (Å²) >= 11 is 0. The van der Waals surface area contributed by atoms with E-state index < -0.39 is 95.4 Å². The van der Waals surface area contributed by atoms with Gasteiger partial charge in [0.25, 0.3) is 5.91 Å². The number of esters is 1. The Hall–Kier alpha value is -3.39. The summed E-state index contributed by atoms with van der Waals surface area (Å²) in [7, 11) is 0. The van der Waals surface area contributed by atoms with E-state index in [2.05, 4.69) is 16.0 Å². The number of primary amides is 1. The topological polar surface area (TPSA) is 177 Å². The molecule has 2 fully saturated rings. The largest absolute Gasteiger partial charge is 0.464 e. The average Bonchev–Trinajstić information content (AvgIpc) is 3.63. The predicted octanol–water partition coefficient (Wildman–Crippen LogP) is 2.82. The van der Waals surface area contributed by atoms with Gasteiger partial charge in [-0.25, -0.2) is 9.59 Å². The van der Waals surface area contributed by atoms with E-state index in [-0.39, 0.29) is 19.1 Å². The molecule has 5 atom stereocenters. The highest BCUT2D eigenvalue weighted by Crippen LogP contribution is 2.34. The van der Waals surface area contributed by atoms with Crippen molar-refractivity contribution >= 4 is 35.5 Å². The van der Waals surface area contributed by atoms with Crippen molar-refractivity contribution in [1.29, 1.82) is 0 Å². The van der Waals surface area contributed by atoms with Crippen LogP contribution < -0.4 is 21.7 Å². The van der Waals surface area contributed by atoms with Crippen LogP contribution in [0.25, 0.3) is 0 Å². The van der Waals surface area contributed by atoms with Gasteiger partial charge in [-0.15, -0.1) is 0 Å². The van der Waals surface area contributed by atoms with Crippen molar-refractivity contribution in [2.24, 2.45) is 34.3 Å². The van der Waals surface area contributed by atoms with Gasteiger partial charge in [-0.2, -0.15) is 13.2 Å². The van der Waals surface area contributed by atoms with Gasteiger partial charge >= 0.3 is 18.2 Å². The molecule has 0 aromatic rings. The Labute approximate surface area is 268 Å². The number of rotatable bonds is 13. The lowest BCUT2D eigenvalue weighted by atomic mass is 9.84. The van der Waals surface area contributed by atoms with E-state index in [4.69, 9.17) is 10.5 Å². The van der Waals surface area contributed by atoms with Crippen molar-refractivity contribution in [3.63, 3.8) is 0 Å². The van der Waals surface area contributed by atoms with Crippen LogP contribution in [0.4, 0.5) is 18.0 Å². The molecular weight excluding hydrogens is 611 g/mol. The van der Waals surface area contributed by atoms with E-state index in [0.29, 0.717) is 12.3 Å². The van der Waals surface area contributed by atoms with E-state index in [1.54, 1.807) is 41.5 Å². The summed E-state index contributed by atoms with van der Waals surface area (Å²) in [4.78, 5) is 79.1. The number of urea groups is 1. The lowest BCUT2D eigenvalue weighted by Gasteiger charge is -2.37. The zero-order chi connectivity index (χ0) is 35.4. The van der Waals surface area contributed by atoms with Crippen molar-refractivity contribution in [1.82, 2.24) is 20.9 Å². The number of carbonyl (C=O) groups is 6. The third-order valence-corrected chi connectivity index (χ3v) is 8.37. The number of ether oxygens (including phenoxy) is 1. The molecule has 0 aromatic heterocycles. The standard InChI is InChI=1S/C31H50F3N5O7/c1-16(2)18-12-14-39(20(18)25(42)36-19(21(40)24(35)41)11-13-31(32,33)34)26(43)22(29(3,4)5)37-28(45)38-23(30(6,7)8)27(44)46-15-17-9-10-17/h16-20,22-23H,9-15H2,1-8H3,(H2,35,41)(H,36,42)(H2,37,38,45)/t18-,19?,20+,22-,23-/m1/s1. The molecule has 5 N–H and O–H groups in total. The molecule has 15 heteroatoms. The number of alkyl halides is 3. The number of Topliss-reactive ketones (excluding diaryl/α,β-unsaturated/α-hetero) is 1. The molecule has 0 spiro atoms. The Morgan fingerprint density at radius 1 is 0.870 bits per heavy atom. The fourth-order valence-corrected chi connectivity index (χ4v) is 5.42. The second-order valence-electron chi connectivity index (χ2n) is 14.9. The minimum atomic E-state index is -4.66. The first-order valence-corrected chi connectivity index (χ1v) is 15.7. The third-order valence-electron chi connectivity index (χ3n) is 8.37. The van der Waals surface area contributed by atoms with Crippen LogP contribution >= 0.6 is 0 Å². The molecule has 0 bridgehead atoms. The van der Waals surface area contributed by atoms with Crippen molar-refractivity contribution in [3.8, 4) is 0 Å². The molecule has 1 heterocycles. The Bertz CT molecular complexity index is 1160. The van der Waals surface area contributed by atoms with Crippen LogP contribution in [-0.4, -0.2) is 83.9 Å².